The summed E-state index contributed by atoms with van der Waals surface area (Å²) in [6, 6.07) is 12.6. The van der Waals surface area contributed by atoms with E-state index in [0.29, 0.717) is 28.2 Å². The number of para-hydroxylation sites is 1. The predicted octanol–water partition coefficient (Wildman–Crippen LogP) is 3.11. The number of halogens is 1. The van der Waals surface area contributed by atoms with E-state index in [-0.39, 0.29) is 5.56 Å². The molecule has 0 unspecified atom stereocenters. The van der Waals surface area contributed by atoms with Crippen LogP contribution in [-0.2, 0) is 6.54 Å². The Balaban J connectivity index is 2.08. The maximum Gasteiger partial charge on any atom is 0.261 e. The van der Waals surface area contributed by atoms with Crippen molar-refractivity contribution in [3.8, 4) is 5.75 Å². The van der Waals surface area contributed by atoms with Gasteiger partial charge in [-0.1, -0.05) is 23.7 Å². The first-order chi connectivity index (χ1) is 10.2. The fourth-order valence-corrected chi connectivity index (χ4v) is 2.47. The van der Waals surface area contributed by atoms with Crippen molar-refractivity contribution < 1.29 is 4.74 Å². The molecular formula is C16H13ClN2O2. The van der Waals surface area contributed by atoms with Crippen LogP contribution in [-0.4, -0.2) is 16.7 Å². The molecule has 0 fully saturated rings. The van der Waals surface area contributed by atoms with Crippen LogP contribution in [0.15, 0.2) is 53.6 Å². The van der Waals surface area contributed by atoms with Gasteiger partial charge in [0.1, 0.15) is 5.75 Å². The zero-order valence-corrected chi connectivity index (χ0v) is 12.2. The predicted molar refractivity (Wildman–Crippen MR) is 83.1 cm³/mol. The monoisotopic (exact) mass is 300 g/mol. The number of hydrogen-bond donors (Lipinski definition) is 0. The second-order valence-corrected chi connectivity index (χ2v) is 5.09. The van der Waals surface area contributed by atoms with E-state index in [1.807, 2.05) is 18.2 Å². The summed E-state index contributed by atoms with van der Waals surface area (Å²) in [6.45, 7) is 0.362. The van der Waals surface area contributed by atoms with Crippen LogP contribution in [0, 0.1) is 0 Å². The summed E-state index contributed by atoms with van der Waals surface area (Å²) < 4.78 is 6.86. The van der Waals surface area contributed by atoms with Crippen LogP contribution < -0.4 is 10.3 Å². The number of fused-ring (bicyclic) bond motifs is 1. The van der Waals surface area contributed by atoms with E-state index in [2.05, 4.69) is 4.98 Å². The lowest BCUT2D eigenvalue weighted by atomic mass is 10.2. The number of hydrogen-bond acceptors (Lipinski definition) is 3. The van der Waals surface area contributed by atoms with Crippen molar-refractivity contribution in [2.75, 3.05) is 7.11 Å². The first-order valence-corrected chi connectivity index (χ1v) is 6.83. The van der Waals surface area contributed by atoms with Crippen molar-refractivity contribution in [3.05, 3.63) is 69.7 Å². The van der Waals surface area contributed by atoms with Gasteiger partial charge >= 0.3 is 0 Å². The molecule has 3 rings (SSSR count). The summed E-state index contributed by atoms with van der Waals surface area (Å²) in [5.41, 5.74) is 1.45. The summed E-state index contributed by atoms with van der Waals surface area (Å²) in [5, 5.41) is 1.20. The zero-order chi connectivity index (χ0) is 14.8. The Kier molecular flexibility index (Phi) is 3.62. The van der Waals surface area contributed by atoms with E-state index in [1.165, 1.54) is 0 Å². The minimum absolute atomic E-state index is 0.0809. The molecule has 0 aliphatic carbocycles. The first kappa shape index (κ1) is 13.6. The molecule has 0 bridgehead atoms. The summed E-state index contributed by atoms with van der Waals surface area (Å²) >= 11 is 6.02. The van der Waals surface area contributed by atoms with Crippen LogP contribution in [0.25, 0.3) is 10.9 Å². The highest BCUT2D eigenvalue weighted by atomic mass is 35.5. The molecule has 0 saturated heterocycles. The van der Waals surface area contributed by atoms with Gasteiger partial charge in [-0.3, -0.25) is 9.36 Å². The molecular weight excluding hydrogens is 288 g/mol. The fraction of sp³-hybridized carbons (Fsp3) is 0.125. The summed E-state index contributed by atoms with van der Waals surface area (Å²) in [4.78, 5) is 16.8. The molecule has 4 nitrogen and oxygen atoms in total. The number of ether oxygens (including phenoxy) is 1. The van der Waals surface area contributed by atoms with Gasteiger partial charge in [0.25, 0.3) is 5.56 Å². The largest absolute Gasteiger partial charge is 0.496 e. The molecule has 106 valence electrons. The Morgan fingerprint density at radius 2 is 2.05 bits per heavy atom. The van der Waals surface area contributed by atoms with Gasteiger partial charge in [0.2, 0.25) is 0 Å². The summed E-state index contributed by atoms with van der Waals surface area (Å²) in [5.74, 6) is 0.694. The van der Waals surface area contributed by atoms with E-state index >= 15 is 0 Å². The van der Waals surface area contributed by atoms with Gasteiger partial charge in [-0.25, -0.2) is 4.98 Å². The van der Waals surface area contributed by atoms with Gasteiger partial charge < -0.3 is 4.74 Å². The van der Waals surface area contributed by atoms with E-state index in [9.17, 15) is 4.79 Å². The Morgan fingerprint density at radius 1 is 1.24 bits per heavy atom. The maximum absolute atomic E-state index is 12.5. The fourth-order valence-electron chi connectivity index (χ4n) is 2.27. The lowest BCUT2D eigenvalue weighted by Gasteiger charge is -2.11. The zero-order valence-electron chi connectivity index (χ0n) is 11.4. The molecule has 0 saturated carbocycles. The summed E-state index contributed by atoms with van der Waals surface area (Å²) in [6.07, 6.45) is 1.55. The molecule has 0 spiro atoms. The second-order valence-electron chi connectivity index (χ2n) is 4.65. The maximum atomic E-state index is 12.5. The average molecular weight is 301 g/mol. The molecule has 2 aromatic carbocycles. The number of rotatable bonds is 3. The van der Waals surface area contributed by atoms with Gasteiger partial charge in [-0.2, -0.15) is 0 Å². The van der Waals surface area contributed by atoms with Crippen molar-refractivity contribution in [2.24, 2.45) is 0 Å². The highest BCUT2D eigenvalue weighted by Gasteiger charge is 2.08. The van der Waals surface area contributed by atoms with Crippen LogP contribution in [0.2, 0.25) is 5.02 Å². The Morgan fingerprint density at radius 3 is 2.86 bits per heavy atom. The van der Waals surface area contributed by atoms with Crippen molar-refractivity contribution in [1.29, 1.82) is 0 Å². The van der Waals surface area contributed by atoms with Gasteiger partial charge in [0, 0.05) is 10.6 Å². The second kappa shape index (κ2) is 5.58. The molecule has 0 N–H and O–H groups in total. The third-order valence-corrected chi connectivity index (χ3v) is 3.55. The van der Waals surface area contributed by atoms with Crippen LogP contribution in [0.5, 0.6) is 5.75 Å². The molecule has 0 aliphatic heterocycles. The molecule has 1 aromatic heterocycles. The minimum atomic E-state index is -0.0809. The standard InChI is InChI=1S/C16H13ClN2O2/c1-21-15-7-6-12(17)8-11(15)9-19-10-18-14-5-3-2-4-13(14)16(19)20/h2-8,10H,9H2,1H3. The number of aromatic nitrogens is 2. The molecule has 3 aromatic rings. The molecule has 1 heterocycles. The topological polar surface area (TPSA) is 44.1 Å². The lowest BCUT2D eigenvalue weighted by molar-refractivity contribution is 0.408. The molecule has 21 heavy (non-hydrogen) atoms. The van der Waals surface area contributed by atoms with Crippen molar-refractivity contribution in [3.63, 3.8) is 0 Å². The average Bonchev–Trinajstić information content (AvgIpc) is 2.51. The Hall–Kier alpha value is -2.33. The van der Waals surface area contributed by atoms with Crippen molar-refractivity contribution in [1.82, 2.24) is 9.55 Å². The van der Waals surface area contributed by atoms with Crippen LogP contribution in [0.3, 0.4) is 0 Å². The molecule has 0 radical (unpaired) electrons. The third kappa shape index (κ3) is 2.62. The Labute approximate surface area is 126 Å². The smallest absolute Gasteiger partial charge is 0.261 e. The van der Waals surface area contributed by atoms with Crippen LogP contribution in [0.1, 0.15) is 5.56 Å². The lowest BCUT2D eigenvalue weighted by Crippen LogP contribution is -2.21. The SMILES string of the molecule is COc1ccc(Cl)cc1Cn1cnc2ccccc2c1=O. The normalized spacial score (nSPS) is 10.8. The number of nitrogens with zero attached hydrogens (tertiary/aromatic N) is 2. The van der Waals surface area contributed by atoms with Crippen LogP contribution >= 0.6 is 11.6 Å². The van der Waals surface area contributed by atoms with Gasteiger partial charge in [-0.15, -0.1) is 0 Å². The first-order valence-electron chi connectivity index (χ1n) is 6.45. The van der Waals surface area contributed by atoms with E-state index in [0.717, 1.165) is 5.56 Å². The Bertz CT molecular complexity index is 858. The quantitative estimate of drug-likeness (QED) is 0.746. The summed E-state index contributed by atoms with van der Waals surface area (Å²) in [7, 11) is 1.59. The molecule has 0 amide bonds. The van der Waals surface area contributed by atoms with Crippen LogP contribution in [0.4, 0.5) is 0 Å². The third-order valence-electron chi connectivity index (χ3n) is 3.31. The minimum Gasteiger partial charge on any atom is -0.496 e. The molecule has 0 aliphatic rings. The molecule has 5 heteroatoms. The van der Waals surface area contributed by atoms with Crippen molar-refractivity contribution >= 4 is 22.5 Å². The van der Waals surface area contributed by atoms with E-state index in [4.69, 9.17) is 16.3 Å². The molecule has 0 atom stereocenters. The highest BCUT2D eigenvalue weighted by Crippen LogP contribution is 2.23. The van der Waals surface area contributed by atoms with Gasteiger partial charge in [0.15, 0.2) is 0 Å². The number of methoxy groups -OCH3 is 1. The van der Waals surface area contributed by atoms with Gasteiger partial charge in [0.05, 0.1) is 30.9 Å². The van der Waals surface area contributed by atoms with E-state index < -0.39 is 0 Å². The highest BCUT2D eigenvalue weighted by molar-refractivity contribution is 6.30. The van der Waals surface area contributed by atoms with Crippen molar-refractivity contribution in [2.45, 2.75) is 6.54 Å². The number of benzene rings is 2. The van der Waals surface area contributed by atoms with Gasteiger partial charge in [-0.05, 0) is 30.3 Å². The van der Waals surface area contributed by atoms with E-state index in [1.54, 1.807) is 42.3 Å².